The molecule has 3 unspecified atom stereocenters. The molecule has 1 saturated heterocycles. The fourth-order valence-corrected chi connectivity index (χ4v) is 3.64. The number of nitrogens with one attached hydrogen (secondary N) is 1. The second-order valence-electron chi connectivity index (χ2n) is 6.22. The zero-order chi connectivity index (χ0) is 13.9. The summed E-state index contributed by atoms with van der Waals surface area (Å²) in [5, 5.41) is 7.69. The van der Waals surface area contributed by atoms with Crippen molar-refractivity contribution in [3.8, 4) is 0 Å². The Labute approximate surface area is 121 Å². The van der Waals surface area contributed by atoms with E-state index in [4.69, 9.17) is 9.51 Å². The summed E-state index contributed by atoms with van der Waals surface area (Å²) < 4.78 is 5.59. The number of nitrogens with zero attached hydrogens (tertiary/aromatic N) is 3. The maximum atomic E-state index is 5.59. The minimum absolute atomic E-state index is 0.311. The molecule has 5 heteroatoms. The number of piperazine rings is 1. The van der Waals surface area contributed by atoms with E-state index in [1.165, 1.54) is 19.3 Å². The van der Waals surface area contributed by atoms with E-state index in [1.54, 1.807) is 0 Å². The van der Waals surface area contributed by atoms with Crippen LogP contribution >= 0.6 is 0 Å². The molecular formula is C15H26N4O. The predicted octanol–water partition coefficient (Wildman–Crippen LogP) is 2.33. The quantitative estimate of drug-likeness (QED) is 0.916. The lowest BCUT2D eigenvalue weighted by molar-refractivity contribution is 0.160. The Kier molecular flexibility index (Phi) is 4.36. The van der Waals surface area contributed by atoms with Crippen LogP contribution in [0.15, 0.2) is 4.52 Å². The van der Waals surface area contributed by atoms with E-state index in [-0.39, 0.29) is 0 Å². The normalized spacial score (nSPS) is 29.7. The standard InChI is InChI=1S/C15H26N4O/c1-3-13(19-9-7-16-8-10-19)14-17-15(20-18-14)12-6-4-5-11(12)2/h11-13,16H,3-10H2,1-2H3. The van der Waals surface area contributed by atoms with Crippen molar-refractivity contribution in [1.29, 1.82) is 0 Å². The average Bonchev–Trinajstić information content (AvgIpc) is 3.10. The van der Waals surface area contributed by atoms with Gasteiger partial charge < -0.3 is 9.84 Å². The van der Waals surface area contributed by atoms with Crippen molar-refractivity contribution in [3.05, 3.63) is 11.7 Å². The molecule has 1 aliphatic heterocycles. The molecular weight excluding hydrogens is 252 g/mol. The van der Waals surface area contributed by atoms with E-state index >= 15 is 0 Å². The Morgan fingerprint density at radius 2 is 2.15 bits per heavy atom. The smallest absolute Gasteiger partial charge is 0.230 e. The minimum atomic E-state index is 0.311. The molecule has 5 nitrogen and oxygen atoms in total. The molecule has 0 aromatic carbocycles. The van der Waals surface area contributed by atoms with Crippen molar-refractivity contribution < 1.29 is 4.52 Å². The van der Waals surface area contributed by atoms with E-state index in [0.717, 1.165) is 44.3 Å². The summed E-state index contributed by atoms with van der Waals surface area (Å²) in [6, 6.07) is 0.311. The zero-order valence-corrected chi connectivity index (χ0v) is 12.6. The van der Waals surface area contributed by atoms with Gasteiger partial charge in [-0.1, -0.05) is 25.4 Å². The highest BCUT2D eigenvalue weighted by molar-refractivity contribution is 5.02. The van der Waals surface area contributed by atoms with Gasteiger partial charge in [-0.05, 0) is 25.2 Å². The first-order valence-corrected chi connectivity index (χ1v) is 8.08. The van der Waals surface area contributed by atoms with Crippen LogP contribution in [0.25, 0.3) is 0 Å². The van der Waals surface area contributed by atoms with Gasteiger partial charge in [0.25, 0.3) is 0 Å². The molecule has 0 spiro atoms. The summed E-state index contributed by atoms with van der Waals surface area (Å²) in [7, 11) is 0. The van der Waals surface area contributed by atoms with Crippen LogP contribution in [0, 0.1) is 5.92 Å². The van der Waals surface area contributed by atoms with Crippen LogP contribution in [-0.4, -0.2) is 41.2 Å². The van der Waals surface area contributed by atoms with Gasteiger partial charge >= 0.3 is 0 Å². The molecule has 0 bridgehead atoms. The molecule has 0 amide bonds. The van der Waals surface area contributed by atoms with E-state index in [0.29, 0.717) is 17.9 Å². The molecule has 3 rings (SSSR count). The van der Waals surface area contributed by atoms with Gasteiger partial charge in [0, 0.05) is 32.1 Å². The van der Waals surface area contributed by atoms with Crippen molar-refractivity contribution in [1.82, 2.24) is 20.4 Å². The second-order valence-corrected chi connectivity index (χ2v) is 6.22. The van der Waals surface area contributed by atoms with Gasteiger partial charge in [-0.15, -0.1) is 0 Å². The Morgan fingerprint density at radius 3 is 2.80 bits per heavy atom. The second kappa shape index (κ2) is 6.22. The molecule has 1 aromatic rings. The fourth-order valence-electron chi connectivity index (χ4n) is 3.64. The van der Waals surface area contributed by atoms with Gasteiger partial charge in [0.1, 0.15) is 0 Å². The van der Waals surface area contributed by atoms with Crippen LogP contribution in [0.5, 0.6) is 0 Å². The first-order valence-electron chi connectivity index (χ1n) is 8.08. The minimum Gasteiger partial charge on any atom is -0.339 e. The van der Waals surface area contributed by atoms with E-state index < -0.39 is 0 Å². The van der Waals surface area contributed by atoms with Gasteiger partial charge in [-0.2, -0.15) is 4.98 Å². The molecule has 0 radical (unpaired) electrons. The molecule has 2 heterocycles. The predicted molar refractivity (Wildman–Crippen MR) is 77.5 cm³/mol. The van der Waals surface area contributed by atoms with Crippen LogP contribution < -0.4 is 5.32 Å². The molecule has 1 aliphatic carbocycles. The van der Waals surface area contributed by atoms with Crippen molar-refractivity contribution in [2.24, 2.45) is 5.92 Å². The first-order chi connectivity index (χ1) is 9.79. The van der Waals surface area contributed by atoms with Gasteiger partial charge in [-0.3, -0.25) is 4.90 Å². The third-order valence-corrected chi connectivity index (χ3v) is 4.91. The van der Waals surface area contributed by atoms with Crippen LogP contribution in [0.4, 0.5) is 0 Å². The Balaban J connectivity index is 1.73. The summed E-state index contributed by atoms with van der Waals surface area (Å²) >= 11 is 0. The highest BCUT2D eigenvalue weighted by atomic mass is 16.5. The summed E-state index contributed by atoms with van der Waals surface area (Å²) in [5.74, 6) is 2.93. The highest BCUT2D eigenvalue weighted by Crippen LogP contribution is 2.38. The number of aromatic nitrogens is 2. The Hall–Kier alpha value is -0.940. The molecule has 112 valence electrons. The molecule has 2 fully saturated rings. The third kappa shape index (κ3) is 2.74. The van der Waals surface area contributed by atoms with Gasteiger partial charge in [0.2, 0.25) is 5.89 Å². The molecule has 20 heavy (non-hydrogen) atoms. The van der Waals surface area contributed by atoms with E-state index in [9.17, 15) is 0 Å². The largest absolute Gasteiger partial charge is 0.339 e. The van der Waals surface area contributed by atoms with E-state index in [2.05, 4.69) is 29.2 Å². The SMILES string of the molecule is CCC(c1noc(C2CCCC2C)n1)N1CCNCC1. The maximum absolute atomic E-state index is 5.59. The maximum Gasteiger partial charge on any atom is 0.230 e. The average molecular weight is 278 g/mol. The van der Waals surface area contributed by atoms with Crippen molar-refractivity contribution in [2.45, 2.75) is 51.5 Å². The van der Waals surface area contributed by atoms with Crippen LogP contribution in [0.3, 0.4) is 0 Å². The summed E-state index contributed by atoms with van der Waals surface area (Å²) in [6.07, 6.45) is 4.82. The zero-order valence-electron chi connectivity index (χ0n) is 12.6. The lowest BCUT2D eigenvalue weighted by Crippen LogP contribution is -2.45. The topological polar surface area (TPSA) is 54.2 Å². The molecule has 1 aromatic heterocycles. The molecule has 1 N–H and O–H groups in total. The number of hydrogen-bond acceptors (Lipinski definition) is 5. The monoisotopic (exact) mass is 278 g/mol. The molecule has 3 atom stereocenters. The van der Waals surface area contributed by atoms with Crippen molar-refractivity contribution in [2.75, 3.05) is 26.2 Å². The van der Waals surface area contributed by atoms with Crippen molar-refractivity contribution >= 4 is 0 Å². The van der Waals surface area contributed by atoms with Crippen molar-refractivity contribution in [3.63, 3.8) is 0 Å². The summed E-state index contributed by atoms with van der Waals surface area (Å²) in [5.41, 5.74) is 0. The van der Waals surface area contributed by atoms with Gasteiger partial charge in [0.15, 0.2) is 5.82 Å². The number of rotatable bonds is 4. The Bertz CT molecular complexity index is 427. The lowest BCUT2D eigenvalue weighted by Gasteiger charge is -2.32. The van der Waals surface area contributed by atoms with Gasteiger partial charge in [-0.25, -0.2) is 0 Å². The van der Waals surface area contributed by atoms with Gasteiger partial charge in [0.05, 0.1) is 6.04 Å². The van der Waals surface area contributed by atoms with Crippen LogP contribution in [0.2, 0.25) is 0 Å². The first kappa shape index (κ1) is 14.0. The number of hydrogen-bond donors (Lipinski definition) is 1. The summed E-state index contributed by atoms with van der Waals surface area (Å²) in [6.45, 7) is 8.77. The fraction of sp³-hybridized carbons (Fsp3) is 0.867. The Morgan fingerprint density at radius 1 is 1.35 bits per heavy atom. The highest BCUT2D eigenvalue weighted by Gasteiger charge is 2.31. The summed E-state index contributed by atoms with van der Waals surface area (Å²) in [4.78, 5) is 7.22. The third-order valence-electron chi connectivity index (χ3n) is 4.91. The van der Waals surface area contributed by atoms with E-state index in [1.807, 2.05) is 0 Å². The molecule has 2 aliphatic rings. The lowest BCUT2D eigenvalue weighted by atomic mass is 9.98. The van der Waals surface area contributed by atoms with Crippen LogP contribution in [-0.2, 0) is 0 Å². The van der Waals surface area contributed by atoms with Crippen LogP contribution in [0.1, 0.15) is 63.2 Å². The molecule has 1 saturated carbocycles.